The summed E-state index contributed by atoms with van der Waals surface area (Å²) in [5, 5.41) is 24.5. The highest BCUT2D eigenvalue weighted by Crippen LogP contribution is 2.64. The first-order chi connectivity index (χ1) is 15.9. The number of hydrogen-bond donors (Lipinski definition) is 0. The predicted molar refractivity (Wildman–Crippen MR) is 115 cm³/mol. The van der Waals surface area contributed by atoms with E-state index in [-0.39, 0.29) is 5.69 Å². The lowest BCUT2D eigenvalue weighted by molar-refractivity contribution is -0.578. The van der Waals surface area contributed by atoms with Gasteiger partial charge >= 0.3 is 0 Å². The van der Waals surface area contributed by atoms with E-state index in [1.807, 2.05) is 0 Å². The number of anilines is 1. The maximum atomic E-state index is 13.8. The van der Waals surface area contributed by atoms with E-state index in [0.717, 1.165) is 4.90 Å². The molecule has 0 radical (unpaired) electrons. The van der Waals surface area contributed by atoms with E-state index in [1.165, 1.54) is 24.3 Å². The van der Waals surface area contributed by atoms with E-state index in [4.69, 9.17) is 0 Å². The molecular weight excluding hydrogens is 426 g/mol. The molecule has 2 bridgehead atoms. The normalized spacial score (nSPS) is 26.5. The van der Waals surface area contributed by atoms with Crippen molar-refractivity contribution in [3.8, 4) is 0 Å². The lowest BCUT2D eigenvalue weighted by Gasteiger charge is -2.48. The maximum Gasteiger partial charge on any atom is 0.293 e. The summed E-state index contributed by atoms with van der Waals surface area (Å²) in [6.07, 6.45) is 0. The van der Waals surface area contributed by atoms with E-state index < -0.39 is 50.6 Å². The van der Waals surface area contributed by atoms with Crippen LogP contribution in [0.5, 0.6) is 0 Å². The molecule has 0 N–H and O–H groups in total. The van der Waals surface area contributed by atoms with Crippen LogP contribution in [0.25, 0.3) is 0 Å². The third-order valence-electron chi connectivity index (χ3n) is 7.18. The number of hydrogen-bond acceptors (Lipinski definition) is 6. The van der Waals surface area contributed by atoms with Crippen molar-refractivity contribution >= 4 is 23.2 Å². The summed E-state index contributed by atoms with van der Waals surface area (Å²) in [7, 11) is 0. The second-order valence-electron chi connectivity index (χ2n) is 8.44. The van der Waals surface area contributed by atoms with Gasteiger partial charge in [-0.25, -0.2) is 4.90 Å². The highest BCUT2D eigenvalue weighted by Gasteiger charge is 2.75. The molecule has 0 unspecified atom stereocenters. The number of para-hydroxylation sites is 2. The van der Waals surface area contributed by atoms with Crippen LogP contribution in [0.15, 0.2) is 72.8 Å². The summed E-state index contributed by atoms with van der Waals surface area (Å²) in [5.41, 5.74) is -0.471. The predicted octanol–water partition coefficient (Wildman–Crippen LogP) is 3.38. The highest BCUT2D eigenvalue weighted by molar-refractivity contribution is 6.24. The second kappa shape index (κ2) is 6.32. The molecule has 4 aliphatic rings. The summed E-state index contributed by atoms with van der Waals surface area (Å²) in [6.45, 7) is 0. The van der Waals surface area contributed by atoms with Gasteiger partial charge in [0.15, 0.2) is 0 Å². The van der Waals surface area contributed by atoms with Gasteiger partial charge in [-0.05, 0) is 17.2 Å². The van der Waals surface area contributed by atoms with Crippen molar-refractivity contribution in [2.24, 2.45) is 11.8 Å². The molecule has 1 heterocycles. The molecule has 33 heavy (non-hydrogen) atoms. The Balaban J connectivity index is 1.67. The lowest BCUT2D eigenvalue weighted by Crippen LogP contribution is -2.57. The number of rotatable bonds is 3. The lowest BCUT2D eigenvalue weighted by atomic mass is 9.51. The Labute approximate surface area is 186 Å². The molecule has 0 aromatic heterocycles. The molecular formula is C24H15N3O6. The van der Waals surface area contributed by atoms with Crippen molar-refractivity contribution in [3.63, 3.8) is 0 Å². The zero-order valence-electron chi connectivity index (χ0n) is 17.0. The van der Waals surface area contributed by atoms with E-state index in [9.17, 15) is 29.8 Å². The monoisotopic (exact) mass is 441 g/mol. The molecule has 162 valence electrons. The molecule has 1 aliphatic heterocycles. The van der Waals surface area contributed by atoms with Crippen molar-refractivity contribution in [3.05, 3.63) is 115 Å². The Bertz CT molecular complexity index is 1370. The van der Waals surface area contributed by atoms with E-state index >= 15 is 0 Å². The van der Waals surface area contributed by atoms with Crippen molar-refractivity contribution < 1.29 is 19.4 Å². The van der Waals surface area contributed by atoms with Crippen LogP contribution in [0.4, 0.5) is 11.4 Å². The van der Waals surface area contributed by atoms with Crippen molar-refractivity contribution in [2.75, 3.05) is 4.90 Å². The molecule has 2 amide bonds. The topological polar surface area (TPSA) is 124 Å². The number of carbonyl (C=O) groups excluding carboxylic acids is 2. The molecule has 1 saturated heterocycles. The van der Waals surface area contributed by atoms with Crippen molar-refractivity contribution in [1.29, 1.82) is 0 Å². The van der Waals surface area contributed by atoms with Crippen LogP contribution in [0.2, 0.25) is 0 Å². The van der Waals surface area contributed by atoms with Gasteiger partial charge in [-0.3, -0.25) is 29.8 Å². The molecule has 0 saturated carbocycles. The minimum atomic E-state index is -1.96. The molecule has 3 aliphatic carbocycles. The van der Waals surface area contributed by atoms with Crippen molar-refractivity contribution in [2.45, 2.75) is 11.5 Å². The number of benzene rings is 3. The fourth-order valence-electron chi connectivity index (χ4n) is 6.09. The van der Waals surface area contributed by atoms with Gasteiger partial charge in [0.2, 0.25) is 11.8 Å². The average Bonchev–Trinajstić information content (AvgIpc) is 3.09. The van der Waals surface area contributed by atoms with Crippen LogP contribution >= 0.6 is 0 Å². The quantitative estimate of drug-likeness (QED) is 0.349. The number of amides is 2. The molecule has 3 aromatic rings. The molecule has 2 atom stereocenters. The standard InChI is InChI=1S/C24H15N3O6/c28-22-20-19-13-7-1-3-9-15(13)24(27(32)33,16-10-4-2-8-14(16)19)21(20)23(29)25(22)17-11-5-6-12-18(17)26(30)31/h1-12,19-21H/t19?,20-,21+,24?/m0/s1. The van der Waals surface area contributed by atoms with Crippen LogP contribution in [-0.4, -0.2) is 21.7 Å². The minimum absolute atomic E-state index is 0.169. The molecule has 3 aromatic carbocycles. The maximum absolute atomic E-state index is 13.8. The first kappa shape index (κ1) is 19.3. The van der Waals surface area contributed by atoms with E-state index in [2.05, 4.69) is 0 Å². The Morgan fingerprint density at radius 3 is 1.88 bits per heavy atom. The summed E-state index contributed by atoms with van der Waals surface area (Å²) >= 11 is 0. The molecule has 9 heteroatoms. The fourth-order valence-corrected chi connectivity index (χ4v) is 6.09. The number of nitro groups is 2. The number of carbonyl (C=O) groups is 2. The molecule has 9 nitrogen and oxygen atoms in total. The van der Waals surface area contributed by atoms with Gasteiger partial charge in [0, 0.05) is 28.0 Å². The van der Waals surface area contributed by atoms with Gasteiger partial charge in [-0.15, -0.1) is 0 Å². The second-order valence-corrected chi connectivity index (χ2v) is 8.44. The molecule has 0 spiro atoms. The van der Waals surface area contributed by atoms with Crippen LogP contribution in [0.3, 0.4) is 0 Å². The minimum Gasteiger partial charge on any atom is -0.274 e. The smallest absolute Gasteiger partial charge is 0.274 e. The summed E-state index contributed by atoms with van der Waals surface area (Å²) in [4.78, 5) is 51.7. The van der Waals surface area contributed by atoms with E-state index in [1.54, 1.807) is 48.5 Å². The largest absolute Gasteiger partial charge is 0.293 e. The third kappa shape index (κ3) is 2.11. The summed E-state index contributed by atoms with van der Waals surface area (Å²) in [6, 6.07) is 19.1. The zero-order valence-corrected chi connectivity index (χ0v) is 17.0. The van der Waals surface area contributed by atoms with E-state index in [0.29, 0.717) is 22.3 Å². The first-order valence-electron chi connectivity index (χ1n) is 10.3. The highest BCUT2D eigenvalue weighted by atomic mass is 16.6. The van der Waals surface area contributed by atoms with Gasteiger partial charge in [0.1, 0.15) is 11.6 Å². The number of nitro benzene ring substituents is 1. The average molecular weight is 441 g/mol. The zero-order chi connectivity index (χ0) is 23.1. The van der Waals surface area contributed by atoms with Crippen LogP contribution in [0.1, 0.15) is 28.2 Å². The van der Waals surface area contributed by atoms with Gasteiger partial charge in [-0.1, -0.05) is 60.7 Å². The third-order valence-corrected chi connectivity index (χ3v) is 7.18. The van der Waals surface area contributed by atoms with Gasteiger partial charge in [-0.2, -0.15) is 0 Å². The van der Waals surface area contributed by atoms with Gasteiger partial charge in [0.05, 0.1) is 10.8 Å². The molecule has 1 fully saturated rings. The van der Waals surface area contributed by atoms with Crippen molar-refractivity contribution in [1.82, 2.24) is 0 Å². The van der Waals surface area contributed by atoms with Gasteiger partial charge < -0.3 is 0 Å². The summed E-state index contributed by atoms with van der Waals surface area (Å²) < 4.78 is 0. The Kier molecular flexibility index (Phi) is 3.69. The SMILES string of the molecule is O=C1[C@H]2C3c4ccccc4C([N+](=O)[O-])(c4ccccc43)[C@H]2C(=O)N1c1ccccc1[N+](=O)[O-]. The van der Waals surface area contributed by atoms with Crippen LogP contribution < -0.4 is 4.90 Å². The number of imide groups is 1. The Morgan fingerprint density at radius 1 is 0.758 bits per heavy atom. The van der Waals surface area contributed by atoms with Crippen LogP contribution in [-0.2, 0) is 15.1 Å². The van der Waals surface area contributed by atoms with Gasteiger partial charge in [0.25, 0.3) is 11.2 Å². The van der Waals surface area contributed by atoms with Crippen LogP contribution in [0, 0.1) is 32.1 Å². The first-order valence-corrected chi connectivity index (χ1v) is 10.3. The summed E-state index contributed by atoms with van der Waals surface area (Å²) in [5.74, 6) is -4.35. The number of nitrogens with zero attached hydrogens (tertiary/aromatic N) is 3. The Morgan fingerprint density at radius 2 is 1.30 bits per heavy atom. The Hall–Kier alpha value is -4.40. The fraction of sp³-hybridized carbons (Fsp3) is 0.167. The molecule has 7 rings (SSSR count).